The summed E-state index contributed by atoms with van der Waals surface area (Å²) < 4.78 is 55.5. The summed E-state index contributed by atoms with van der Waals surface area (Å²) in [5.41, 5.74) is -0.163. The second-order valence-corrected chi connectivity index (χ2v) is 8.90. The number of halogens is 3. The van der Waals surface area contributed by atoms with E-state index in [-0.39, 0.29) is 25.1 Å². The van der Waals surface area contributed by atoms with Crippen LogP contribution in [0.5, 0.6) is 11.5 Å². The number of methoxy groups -OCH3 is 2. The summed E-state index contributed by atoms with van der Waals surface area (Å²) in [4.78, 5) is 27.8. The molecule has 0 atom stereocenters. The fourth-order valence-corrected chi connectivity index (χ4v) is 4.43. The molecule has 0 saturated heterocycles. The average Bonchev–Trinajstić information content (AvgIpc) is 3.01. The Labute approximate surface area is 208 Å². The highest BCUT2D eigenvalue weighted by molar-refractivity contribution is 6.19. The molecule has 1 aliphatic rings. The van der Waals surface area contributed by atoms with E-state index in [4.69, 9.17) is 14.2 Å². The van der Waals surface area contributed by atoms with Crippen molar-refractivity contribution in [2.24, 2.45) is 0 Å². The lowest BCUT2D eigenvalue weighted by Gasteiger charge is -2.35. The van der Waals surface area contributed by atoms with E-state index < -0.39 is 29.2 Å². The molecule has 2 aromatic rings. The van der Waals surface area contributed by atoms with Crippen LogP contribution in [-0.4, -0.2) is 49.7 Å². The molecule has 0 aliphatic carbocycles. The van der Waals surface area contributed by atoms with Crippen LogP contribution in [-0.2, 0) is 33.3 Å². The van der Waals surface area contributed by atoms with E-state index in [1.807, 2.05) is 12.1 Å². The molecule has 0 aromatic heterocycles. The van der Waals surface area contributed by atoms with Crippen LogP contribution in [0.4, 0.5) is 13.2 Å². The fourth-order valence-electron chi connectivity index (χ4n) is 4.43. The molecule has 0 spiro atoms. The lowest BCUT2D eigenvalue weighted by Crippen LogP contribution is -2.45. The van der Waals surface area contributed by atoms with E-state index in [2.05, 4.69) is 0 Å². The number of amides is 1. The maximum atomic E-state index is 13.5. The van der Waals surface area contributed by atoms with Crippen molar-refractivity contribution in [3.8, 4) is 11.5 Å². The molecule has 0 unspecified atom stereocenters. The predicted octanol–water partition coefficient (Wildman–Crippen LogP) is 4.99. The van der Waals surface area contributed by atoms with Crippen LogP contribution in [0.25, 0.3) is 0 Å². The Morgan fingerprint density at radius 1 is 1.00 bits per heavy atom. The van der Waals surface area contributed by atoms with Gasteiger partial charge in [0.05, 0.1) is 31.9 Å². The van der Waals surface area contributed by atoms with Gasteiger partial charge in [-0.25, -0.2) is 4.79 Å². The van der Waals surface area contributed by atoms with Gasteiger partial charge in [0.2, 0.25) is 0 Å². The first-order valence-electron chi connectivity index (χ1n) is 11.5. The summed E-state index contributed by atoms with van der Waals surface area (Å²) in [5.74, 6) is -0.141. The van der Waals surface area contributed by atoms with E-state index in [1.54, 1.807) is 37.8 Å². The number of rotatable bonds is 9. The summed E-state index contributed by atoms with van der Waals surface area (Å²) in [6, 6.07) is 10.4. The first kappa shape index (κ1) is 27.1. The van der Waals surface area contributed by atoms with E-state index in [1.165, 1.54) is 20.3 Å². The van der Waals surface area contributed by atoms with E-state index >= 15 is 0 Å². The monoisotopic (exact) mass is 505 g/mol. The average molecular weight is 506 g/mol. The van der Waals surface area contributed by atoms with Gasteiger partial charge in [0, 0.05) is 6.54 Å². The number of hydrogen-bond acceptors (Lipinski definition) is 5. The Morgan fingerprint density at radius 3 is 2.31 bits per heavy atom. The summed E-state index contributed by atoms with van der Waals surface area (Å²) in [6.45, 7) is 5.54. The van der Waals surface area contributed by atoms with E-state index in [0.717, 1.165) is 17.7 Å². The van der Waals surface area contributed by atoms with Gasteiger partial charge in [-0.1, -0.05) is 24.3 Å². The highest BCUT2D eigenvalue weighted by Gasteiger charge is 2.47. The van der Waals surface area contributed by atoms with Crippen LogP contribution < -0.4 is 9.47 Å². The zero-order valence-corrected chi connectivity index (χ0v) is 21.0. The molecule has 194 valence electrons. The summed E-state index contributed by atoms with van der Waals surface area (Å²) >= 11 is 0. The molecule has 0 saturated carbocycles. The predicted molar refractivity (Wildman–Crippen MR) is 128 cm³/mol. The normalized spacial score (nSPS) is 15.3. The number of carbonyl (C=O) groups is 2. The molecule has 0 fully saturated rings. The van der Waals surface area contributed by atoms with Gasteiger partial charge in [-0.15, -0.1) is 0 Å². The Bertz CT molecular complexity index is 1170. The van der Waals surface area contributed by atoms with Crippen molar-refractivity contribution >= 4 is 11.9 Å². The van der Waals surface area contributed by atoms with Crippen LogP contribution >= 0.6 is 0 Å². The molecule has 1 heterocycles. The van der Waals surface area contributed by atoms with Gasteiger partial charge in [0.1, 0.15) is 5.57 Å². The van der Waals surface area contributed by atoms with Crippen molar-refractivity contribution in [1.29, 1.82) is 0 Å². The number of nitrogens with zero attached hydrogens (tertiary/aromatic N) is 1. The van der Waals surface area contributed by atoms with Gasteiger partial charge < -0.3 is 19.1 Å². The smallest absolute Gasteiger partial charge is 0.416 e. The standard InChI is InChI=1S/C27H30F3NO5/c1-6-36-25(33)23-20(15-18-8-7-9-19(14-18)27(28,29)30)26(2,3)31(24(23)32)13-12-17-10-11-21(34-4)22(16-17)35-5/h7-11,14,16H,6,12-13,15H2,1-5H3. The zero-order chi connectivity index (χ0) is 26.7. The minimum absolute atomic E-state index is 0.00364. The number of ether oxygens (including phenoxy) is 3. The second kappa shape index (κ2) is 10.6. The molecule has 3 rings (SSSR count). The van der Waals surface area contributed by atoms with Crippen molar-refractivity contribution in [2.45, 2.75) is 45.3 Å². The quantitative estimate of drug-likeness (QED) is 0.355. The third-order valence-corrected chi connectivity index (χ3v) is 6.36. The molecule has 0 radical (unpaired) electrons. The van der Waals surface area contributed by atoms with Gasteiger partial charge in [-0.3, -0.25) is 4.79 Å². The SMILES string of the molecule is CCOC(=O)C1=C(Cc2cccc(C(F)(F)F)c2)C(C)(C)N(CCc2ccc(OC)c(OC)c2)C1=O. The van der Waals surface area contributed by atoms with Crippen LogP contribution in [0.1, 0.15) is 37.5 Å². The highest BCUT2D eigenvalue weighted by Crippen LogP contribution is 2.39. The van der Waals surface area contributed by atoms with Gasteiger partial charge in [0.15, 0.2) is 11.5 Å². The third kappa shape index (κ3) is 5.50. The summed E-state index contributed by atoms with van der Waals surface area (Å²) in [7, 11) is 3.07. The minimum atomic E-state index is -4.50. The van der Waals surface area contributed by atoms with Crippen molar-refractivity contribution in [3.63, 3.8) is 0 Å². The molecular weight excluding hydrogens is 475 g/mol. The Balaban J connectivity index is 1.93. The van der Waals surface area contributed by atoms with E-state index in [9.17, 15) is 22.8 Å². The maximum Gasteiger partial charge on any atom is 0.416 e. The zero-order valence-electron chi connectivity index (χ0n) is 21.0. The first-order chi connectivity index (χ1) is 16.9. The topological polar surface area (TPSA) is 65.1 Å². The summed E-state index contributed by atoms with van der Waals surface area (Å²) in [5, 5.41) is 0. The van der Waals surface area contributed by atoms with Crippen LogP contribution in [0, 0.1) is 0 Å². The molecule has 1 aliphatic heterocycles. The molecule has 1 amide bonds. The Morgan fingerprint density at radius 2 is 1.69 bits per heavy atom. The van der Waals surface area contributed by atoms with Gasteiger partial charge >= 0.3 is 12.1 Å². The molecule has 0 N–H and O–H groups in total. The molecule has 0 bridgehead atoms. The van der Waals surface area contributed by atoms with Gasteiger partial charge in [0.25, 0.3) is 5.91 Å². The lowest BCUT2D eigenvalue weighted by atomic mass is 9.87. The van der Waals surface area contributed by atoms with Crippen LogP contribution in [0.3, 0.4) is 0 Å². The number of benzene rings is 2. The van der Waals surface area contributed by atoms with Crippen molar-refractivity contribution < 1.29 is 37.0 Å². The van der Waals surface area contributed by atoms with Crippen LogP contribution in [0.15, 0.2) is 53.6 Å². The van der Waals surface area contributed by atoms with Crippen molar-refractivity contribution in [2.75, 3.05) is 27.4 Å². The van der Waals surface area contributed by atoms with Crippen molar-refractivity contribution in [1.82, 2.24) is 4.90 Å². The maximum absolute atomic E-state index is 13.5. The van der Waals surface area contributed by atoms with E-state index in [0.29, 0.717) is 29.1 Å². The van der Waals surface area contributed by atoms with Gasteiger partial charge in [-0.05, 0) is 68.5 Å². The Hall–Kier alpha value is -3.49. The number of esters is 1. The molecular formula is C27H30F3NO5. The highest BCUT2D eigenvalue weighted by atomic mass is 19.4. The number of hydrogen-bond donors (Lipinski definition) is 0. The third-order valence-electron chi connectivity index (χ3n) is 6.36. The lowest BCUT2D eigenvalue weighted by molar-refractivity contribution is -0.142. The number of alkyl halides is 3. The summed E-state index contributed by atoms with van der Waals surface area (Å²) in [6.07, 6.45) is -4.03. The minimum Gasteiger partial charge on any atom is -0.493 e. The fraction of sp³-hybridized carbons (Fsp3) is 0.407. The molecule has 36 heavy (non-hydrogen) atoms. The van der Waals surface area contributed by atoms with Crippen molar-refractivity contribution in [3.05, 3.63) is 70.3 Å². The largest absolute Gasteiger partial charge is 0.493 e. The molecule has 9 heteroatoms. The Kier molecular flexibility index (Phi) is 8.01. The first-order valence-corrected chi connectivity index (χ1v) is 11.5. The second-order valence-electron chi connectivity index (χ2n) is 8.90. The van der Waals surface area contributed by atoms with Gasteiger partial charge in [-0.2, -0.15) is 13.2 Å². The molecule has 6 nitrogen and oxygen atoms in total. The van der Waals surface area contributed by atoms with Crippen LogP contribution in [0.2, 0.25) is 0 Å². The number of carbonyl (C=O) groups excluding carboxylic acids is 2. The molecule has 2 aromatic carbocycles.